The molecular formula is C21H23ClF3N3S3. The number of aromatic nitrogens is 1. The van der Waals surface area contributed by atoms with Crippen molar-refractivity contribution in [3.63, 3.8) is 0 Å². The van der Waals surface area contributed by atoms with Crippen molar-refractivity contribution in [3.8, 4) is 5.40 Å². The van der Waals surface area contributed by atoms with Crippen LogP contribution in [-0.4, -0.2) is 22.7 Å². The van der Waals surface area contributed by atoms with Gasteiger partial charge < -0.3 is 5.32 Å². The third-order valence-corrected chi connectivity index (χ3v) is 6.77. The Hall–Kier alpha value is -1.44. The molecule has 3 rings (SSSR count). The standard InChI is InChI=1S/C12H16F3N.C9H6N2S3.ClH/c1-3-16-9(2)7-10-5-4-6-11(8-10)12(13,14)15;10-5-12-6-13-9-11-7-3-1-2-4-8(7)14-9;/h4-6,8-9,16H,3,7H2,1-2H3;1-4H,6H2;1H. The van der Waals surface area contributed by atoms with Crippen LogP contribution in [0.2, 0.25) is 0 Å². The molecule has 0 fully saturated rings. The average Bonchev–Trinajstić information content (AvgIpc) is 3.11. The highest BCUT2D eigenvalue weighted by Crippen LogP contribution is 2.31. The fourth-order valence-corrected chi connectivity index (χ4v) is 5.32. The van der Waals surface area contributed by atoms with Gasteiger partial charge in [0, 0.05) is 6.04 Å². The molecule has 0 aliphatic carbocycles. The fourth-order valence-electron chi connectivity index (χ4n) is 2.67. The Kier molecular flexibility index (Phi) is 12.3. The number of rotatable bonds is 7. The highest BCUT2D eigenvalue weighted by molar-refractivity contribution is 8.18. The topological polar surface area (TPSA) is 48.7 Å². The smallest absolute Gasteiger partial charge is 0.314 e. The zero-order valence-corrected chi connectivity index (χ0v) is 20.2. The van der Waals surface area contributed by atoms with Gasteiger partial charge >= 0.3 is 6.18 Å². The van der Waals surface area contributed by atoms with E-state index in [0.717, 1.165) is 27.6 Å². The number of thiazole rings is 1. The van der Waals surface area contributed by atoms with Gasteiger partial charge in [-0.2, -0.15) is 18.4 Å². The lowest BCUT2D eigenvalue weighted by atomic mass is 10.0. The molecule has 1 atom stereocenters. The summed E-state index contributed by atoms with van der Waals surface area (Å²) in [5.74, 6) is 0. The number of likely N-dealkylation sites (N-methyl/N-ethyl adjacent to an activating group) is 1. The van der Waals surface area contributed by atoms with Gasteiger partial charge in [0.2, 0.25) is 0 Å². The van der Waals surface area contributed by atoms with E-state index in [1.54, 1.807) is 29.2 Å². The van der Waals surface area contributed by atoms with Crippen LogP contribution < -0.4 is 5.32 Å². The lowest BCUT2D eigenvalue weighted by Gasteiger charge is -2.13. The SMILES string of the molecule is CCNC(C)Cc1cccc(C(F)(F)F)c1.Cl.N#CSCSc1nc2ccccc2s1. The minimum Gasteiger partial charge on any atom is -0.314 e. The molecule has 0 bridgehead atoms. The maximum absolute atomic E-state index is 12.4. The third kappa shape index (κ3) is 9.71. The van der Waals surface area contributed by atoms with Crippen molar-refractivity contribution in [2.24, 2.45) is 0 Å². The highest BCUT2D eigenvalue weighted by Gasteiger charge is 2.30. The zero-order valence-electron chi connectivity index (χ0n) is 17.0. The molecule has 1 unspecified atom stereocenters. The maximum atomic E-state index is 12.4. The predicted molar refractivity (Wildman–Crippen MR) is 129 cm³/mol. The van der Waals surface area contributed by atoms with Crippen molar-refractivity contribution in [1.29, 1.82) is 5.26 Å². The number of para-hydroxylation sites is 1. The van der Waals surface area contributed by atoms with Gasteiger partial charge in [0.25, 0.3) is 0 Å². The van der Waals surface area contributed by atoms with Crippen molar-refractivity contribution >= 4 is 57.5 Å². The molecule has 0 saturated carbocycles. The number of benzene rings is 2. The summed E-state index contributed by atoms with van der Waals surface area (Å²) in [6, 6.07) is 13.8. The number of thioether (sulfide) groups is 2. The Bertz CT molecular complexity index is 940. The number of fused-ring (bicyclic) bond motifs is 1. The summed E-state index contributed by atoms with van der Waals surface area (Å²) in [7, 11) is 0. The molecule has 31 heavy (non-hydrogen) atoms. The van der Waals surface area contributed by atoms with Crippen molar-refractivity contribution in [2.75, 3.05) is 11.6 Å². The average molecular weight is 506 g/mol. The number of nitriles is 1. The van der Waals surface area contributed by atoms with Gasteiger partial charge in [0.1, 0.15) is 5.40 Å². The second-order valence-corrected chi connectivity index (χ2v) is 9.68. The molecule has 0 spiro atoms. The van der Waals surface area contributed by atoms with Crippen LogP contribution in [0.4, 0.5) is 13.2 Å². The monoisotopic (exact) mass is 505 g/mol. The Morgan fingerprint density at radius 1 is 1.19 bits per heavy atom. The van der Waals surface area contributed by atoms with Crippen molar-refractivity contribution in [2.45, 2.75) is 36.8 Å². The van der Waals surface area contributed by atoms with Crippen LogP contribution in [0, 0.1) is 10.7 Å². The van der Waals surface area contributed by atoms with Crippen LogP contribution in [-0.2, 0) is 12.6 Å². The Balaban J connectivity index is 0.000000302. The normalized spacial score (nSPS) is 11.7. The summed E-state index contributed by atoms with van der Waals surface area (Å²) in [5, 5.41) is 14.3. The first-order valence-electron chi connectivity index (χ1n) is 9.22. The highest BCUT2D eigenvalue weighted by atomic mass is 35.5. The number of hydrogen-bond acceptors (Lipinski definition) is 6. The van der Waals surface area contributed by atoms with E-state index in [4.69, 9.17) is 5.26 Å². The van der Waals surface area contributed by atoms with Crippen LogP contribution in [0.15, 0.2) is 52.9 Å². The molecule has 0 radical (unpaired) electrons. The van der Waals surface area contributed by atoms with Crippen LogP contribution in [0.3, 0.4) is 0 Å². The number of alkyl halides is 3. The summed E-state index contributed by atoms with van der Waals surface area (Å²) in [6.45, 7) is 4.76. The molecule has 168 valence electrons. The first-order chi connectivity index (χ1) is 14.3. The summed E-state index contributed by atoms with van der Waals surface area (Å²) in [6.07, 6.45) is -3.64. The van der Waals surface area contributed by atoms with E-state index in [9.17, 15) is 13.2 Å². The number of hydrogen-bond donors (Lipinski definition) is 1. The maximum Gasteiger partial charge on any atom is 0.416 e. The van der Waals surface area contributed by atoms with E-state index in [-0.39, 0.29) is 18.4 Å². The number of nitrogens with one attached hydrogen (secondary N) is 1. The first-order valence-corrected chi connectivity index (χ1v) is 12.0. The third-order valence-electron chi connectivity index (χ3n) is 3.93. The second-order valence-electron chi connectivity index (χ2n) is 6.31. The number of nitrogens with zero attached hydrogens (tertiary/aromatic N) is 2. The van der Waals surface area contributed by atoms with E-state index >= 15 is 0 Å². The van der Waals surface area contributed by atoms with Crippen molar-refractivity contribution in [1.82, 2.24) is 10.3 Å². The largest absolute Gasteiger partial charge is 0.416 e. The summed E-state index contributed by atoms with van der Waals surface area (Å²) < 4.78 is 39.6. The molecule has 0 amide bonds. The quantitative estimate of drug-likeness (QED) is 0.159. The van der Waals surface area contributed by atoms with Crippen LogP contribution in [0.1, 0.15) is 25.0 Å². The van der Waals surface area contributed by atoms with Gasteiger partial charge in [-0.3, -0.25) is 0 Å². The molecule has 3 nitrogen and oxygen atoms in total. The van der Waals surface area contributed by atoms with Gasteiger partial charge in [0.05, 0.1) is 20.9 Å². The lowest BCUT2D eigenvalue weighted by molar-refractivity contribution is -0.137. The molecule has 1 heterocycles. The molecule has 0 saturated heterocycles. The summed E-state index contributed by atoms with van der Waals surface area (Å²) in [5.41, 5.74) is 1.18. The molecule has 1 N–H and O–H groups in total. The molecule has 1 aromatic heterocycles. The molecule has 3 aromatic rings. The minimum absolute atomic E-state index is 0. The summed E-state index contributed by atoms with van der Waals surface area (Å²) >= 11 is 4.54. The number of thiocyanates is 1. The zero-order chi connectivity index (χ0) is 22.0. The van der Waals surface area contributed by atoms with E-state index in [2.05, 4.69) is 16.4 Å². The molecule has 2 aromatic carbocycles. The molecule has 10 heteroatoms. The minimum atomic E-state index is -4.25. The van der Waals surface area contributed by atoms with Gasteiger partial charge in [0.15, 0.2) is 4.34 Å². The second kappa shape index (κ2) is 13.9. The molecule has 0 aliphatic rings. The Morgan fingerprint density at radius 2 is 1.94 bits per heavy atom. The Morgan fingerprint density at radius 3 is 2.58 bits per heavy atom. The van der Waals surface area contributed by atoms with Crippen molar-refractivity contribution < 1.29 is 13.2 Å². The van der Waals surface area contributed by atoms with Gasteiger partial charge in [-0.15, -0.1) is 23.7 Å². The van der Waals surface area contributed by atoms with Crippen LogP contribution >= 0.6 is 47.3 Å². The van der Waals surface area contributed by atoms with Gasteiger partial charge in [-0.25, -0.2) is 4.98 Å². The van der Waals surface area contributed by atoms with E-state index < -0.39 is 11.7 Å². The van der Waals surface area contributed by atoms with Crippen molar-refractivity contribution in [3.05, 3.63) is 59.7 Å². The van der Waals surface area contributed by atoms with E-state index in [1.165, 1.54) is 28.6 Å². The fraction of sp³-hybridized carbons (Fsp3) is 0.333. The van der Waals surface area contributed by atoms with Crippen LogP contribution in [0.5, 0.6) is 0 Å². The van der Waals surface area contributed by atoms with E-state index in [0.29, 0.717) is 12.0 Å². The first kappa shape index (κ1) is 27.6. The van der Waals surface area contributed by atoms with Gasteiger partial charge in [-0.1, -0.05) is 49.0 Å². The molecule has 0 aliphatic heterocycles. The van der Waals surface area contributed by atoms with Crippen LogP contribution in [0.25, 0.3) is 10.2 Å². The van der Waals surface area contributed by atoms with E-state index in [1.807, 2.05) is 37.4 Å². The van der Waals surface area contributed by atoms with Gasteiger partial charge in [-0.05, 0) is 55.4 Å². The lowest BCUT2D eigenvalue weighted by Crippen LogP contribution is -2.27. The Labute approximate surface area is 199 Å². The predicted octanol–water partition coefficient (Wildman–Crippen LogP) is 7.23. The number of halogens is 4. The summed E-state index contributed by atoms with van der Waals surface area (Å²) in [4.78, 5) is 4.44. The molecular weight excluding hydrogens is 483 g/mol.